The molecule has 9 N–H and O–H groups in total. The van der Waals surface area contributed by atoms with Crippen molar-refractivity contribution in [2.45, 2.75) is 55.3 Å². The molecular formula is C26H28O15. The van der Waals surface area contributed by atoms with Crippen molar-refractivity contribution in [3.63, 3.8) is 0 Å². The van der Waals surface area contributed by atoms with Crippen LogP contribution in [0.4, 0.5) is 0 Å². The first-order valence-electron chi connectivity index (χ1n) is 12.4. The molecule has 0 bridgehead atoms. The largest absolute Gasteiger partial charge is 0.508 e. The standard InChI is InChI=1S/C26H28O15/c27-7-15-18(33)20(35)24(41-25-21(36)17(32)13(31)8-37-25)26(39-15)40-23-19(34)16-12(30)5-11(29)6-14(16)38-22(23)9-1-3-10(28)4-2-9/h1-6,13,15,17-18,20-21,24-33,35-36H,7-8H2/t13-,15+,17-,18-,20-,21+,24+,25-,26-/m0/s1. The monoisotopic (exact) mass is 580 g/mol. The second kappa shape index (κ2) is 11.4. The predicted octanol–water partition coefficient (Wildman–Crippen LogP) is -1.78. The van der Waals surface area contributed by atoms with Crippen molar-refractivity contribution in [2.75, 3.05) is 13.2 Å². The lowest BCUT2D eigenvalue weighted by atomic mass is 9.98. The van der Waals surface area contributed by atoms with Crippen LogP contribution in [0.1, 0.15) is 0 Å². The minimum Gasteiger partial charge on any atom is -0.508 e. The number of benzene rings is 2. The Bertz CT molecular complexity index is 1440. The molecule has 3 heterocycles. The smallest absolute Gasteiger partial charge is 0.239 e. The van der Waals surface area contributed by atoms with Crippen LogP contribution in [0.25, 0.3) is 22.3 Å². The van der Waals surface area contributed by atoms with Crippen molar-refractivity contribution in [1.29, 1.82) is 0 Å². The maximum absolute atomic E-state index is 13.7. The van der Waals surface area contributed by atoms with Crippen molar-refractivity contribution in [2.24, 2.45) is 0 Å². The minimum atomic E-state index is -1.86. The van der Waals surface area contributed by atoms with Crippen LogP contribution in [0.5, 0.6) is 23.0 Å². The third-order valence-corrected chi connectivity index (χ3v) is 6.85. The van der Waals surface area contributed by atoms with Gasteiger partial charge in [-0.25, -0.2) is 0 Å². The summed E-state index contributed by atoms with van der Waals surface area (Å²) in [4.78, 5) is 13.7. The van der Waals surface area contributed by atoms with E-state index in [2.05, 4.69) is 0 Å². The molecule has 0 saturated carbocycles. The quantitative estimate of drug-likeness (QED) is 0.156. The van der Waals surface area contributed by atoms with Crippen LogP contribution in [0.15, 0.2) is 45.6 Å². The molecule has 1 aromatic heterocycles. The van der Waals surface area contributed by atoms with Crippen LogP contribution in [0, 0.1) is 0 Å². The Balaban J connectivity index is 1.60. The number of hydrogen-bond acceptors (Lipinski definition) is 15. The van der Waals surface area contributed by atoms with Gasteiger partial charge in [0, 0.05) is 17.7 Å². The lowest BCUT2D eigenvalue weighted by Crippen LogP contribution is -2.64. The molecule has 0 unspecified atom stereocenters. The summed E-state index contributed by atoms with van der Waals surface area (Å²) in [7, 11) is 0. The number of phenols is 3. The van der Waals surface area contributed by atoms with Crippen LogP contribution in [-0.4, -0.2) is 114 Å². The summed E-state index contributed by atoms with van der Waals surface area (Å²) in [5.41, 5.74) is -0.992. The fourth-order valence-corrected chi connectivity index (χ4v) is 4.64. The summed E-state index contributed by atoms with van der Waals surface area (Å²) in [6.45, 7) is -1.25. The van der Waals surface area contributed by atoms with E-state index in [1.807, 2.05) is 0 Å². The molecule has 2 aromatic carbocycles. The zero-order valence-corrected chi connectivity index (χ0v) is 21.0. The summed E-state index contributed by atoms with van der Waals surface area (Å²) in [5, 5.41) is 90.8. The summed E-state index contributed by atoms with van der Waals surface area (Å²) < 4.78 is 28.1. The van der Waals surface area contributed by atoms with Crippen LogP contribution in [-0.2, 0) is 14.2 Å². The molecule has 2 fully saturated rings. The van der Waals surface area contributed by atoms with Crippen LogP contribution in [0.2, 0.25) is 0 Å². The van der Waals surface area contributed by atoms with Crippen LogP contribution >= 0.6 is 0 Å². The Hall–Kier alpha value is -3.51. The second-order valence-corrected chi connectivity index (χ2v) is 9.65. The van der Waals surface area contributed by atoms with Crippen LogP contribution < -0.4 is 10.2 Å². The van der Waals surface area contributed by atoms with Gasteiger partial charge in [0.25, 0.3) is 0 Å². The number of hydrogen-bond donors (Lipinski definition) is 9. The maximum atomic E-state index is 13.7. The molecule has 15 heteroatoms. The number of aliphatic hydroxyl groups is 6. The molecule has 3 aromatic rings. The number of aromatic hydroxyl groups is 3. The topological polar surface area (TPSA) is 249 Å². The van der Waals surface area contributed by atoms with Gasteiger partial charge >= 0.3 is 0 Å². The molecular weight excluding hydrogens is 552 g/mol. The summed E-state index contributed by atoms with van der Waals surface area (Å²) in [6.07, 6.45) is -15.1. The first-order chi connectivity index (χ1) is 19.5. The van der Waals surface area contributed by atoms with E-state index in [1.54, 1.807) is 0 Å². The van der Waals surface area contributed by atoms with Gasteiger partial charge in [-0.3, -0.25) is 4.79 Å². The van der Waals surface area contributed by atoms with E-state index in [4.69, 9.17) is 23.4 Å². The maximum Gasteiger partial charge on any atom is 0.239 e. The average molecular weight is 580 g/mol. The first kappa shape index (κ1) is 29.0. The minimum absolute atomic E-state index is 0.111. The Morgan fingerprint density at radius 3 is 2.24 bits per heavy atom. The van der Waals surface area contributed by atoms with Gasteiger partial charge in [0.2, 0.25) is 17.5 Å². The SMILES string of the molecule is O=c1c(O[C@@H]2O[C@H](CO)[C@H](O)[C@H](O)[C@H]2O[C@@H]2OC[C@H](O)[C@H](O)[C@H]2O)c(-c2ccc(O)cc2)oc2cc(O)cc(O)c12. The van der Waals surface area contributed by atoms with Gasteiger partial charge in [-0.05, 0) is 24.3 Å². The highest BCUT2D eigenvalue weighted by molar-refractivity contribution is 5.88. The normalized spacial score (nSPS) is 32.2. The van der Waals surface area contributed by atoms with E-state index >= 15 is 0 Å². The highest BCUT2D eigenvalue weighted by Gasteiger charge is 2.50. The second-order valence-electron chi connectivity index (χ2n) is 9.65. The van der Waals surface area contributed by atoms with Gasteiger partial charge in [0.05, 0.1) is 13.2 Å². The van der Waals surface area contributed by atoms with Gasteiger partial charge in [-0.2, -0.15) is 0 Å². The fourth-order valence-electron chi connectivity index (χ4n) is 4.64. The highest BCUT2D eigenvalue weighted by atomic mass is 16.8. The molecule has 15 nitrogen and oxygen atoms in total. The number of ether oxygens (including phenoxy) is 4. The lowest BCUT2D eigenvalue weighted by molar-refractivity contribution is -0.345. The zero-order valence-electron chi connectivity index (χ0n) is 21.0. The van der Waals surface area contributed by atoms with E-state index in [0.717, 1.165) is 12.1 Å². The van der Waals surface area contributed by atoms with E-state index in [0.29, 0.717) is 0 Å². The molecule has 9 atom stereocenters. The van der Waals surface area contributed by atoms with Gasteiger partial charge in [0.15, 0.2) is 18.2 Å². The summed E-state index contributed by atoms with van der Waals surface area (Å²) in [5.74, 6) is -2.02. The van der Waals surface area contributed by atoms with E-state index in [-0.39, 0.29) is 22.7 Å². The van der Waals surface area contributed by atoms with E-state index < -0.39 is 96.6 Å². The third kappa shape index (κ3) is 5.42. The number of rotatable bonds is 6. The Kier molecular flexibility index (Phi) is 8.06. The molecule has 0 spiro atoms. The van der Waals surface area contributed by atoms with Gasteiger partial charge in [-0.1, -0.05) is 0 Å². The van der Waals surface area contributed by atoms with Crippen molar-refractivity contribution in [3.05, 3.63) is 46.6 Å². The number of aliphatic hydroxyl groups excluding tert-OH is 6. The van der Waals surface area contributed by atoms with Crippen molar-refractivity contribution in [3.8, 4) is 34.3 Å². The molecule has 41 heavy (non-hydrogen) atoms. The van der Waals surface area contributed by atoms with Gasteiger partial charge in [-0.15, -0.1) is 0 Å². The predicted molar refractivity (Wildman–Crippen MR) is 134 cm³/mol. The summed E-state index contributed by atoms with van der Waals surface area (Å²) in [6, 6.07) is 7.30. The highest BCUT2D eigenvalue weighted by Crippen LogP contribution is 2.38. The van der Waals surface area contributed by atoms with Gasteiger partial charge < -0.3 is 69.3 Å². The Morgan fingerprint density at radius 1 is 0.854 bits per heavy atom. The van der Waals surface area contributed by atoms with Crippen molar-refractivity contribution < 1.29 is 69.3 Å². The van der Waals surface area contributed by atoms with Gasteiger partial charge in [0.1, 0.15) is 64.8 Å². The molecule has 2 aliphatic heterocycles. The number of fused-ring (bicyclic) bond motifs is 1. The molecule has 2 saturated heterocycles. The lowest BCUT2D eigenvalue weighted by Gasteiger charge is -2.44. The molecule has 222 valence electrons. The average Bonchev–Trinajstić information content (AvgIpc) is 2.93. The first-order valence-corrected chi connectivity index (χ1v) is 12.4. The van der Waals surface area contributed by atoms with E-state index in [1.165, 1.54) is 24.3 Å². The zero-order chi connectivity index (χ0) is 29.6. The molecule has 5 rings (SSSR count). The van der Waals surface area contributed by atoms with Crippen LogP contribution in [0.3, 0.4) is 0 Å². The summed E-state index contributed by atoms with van der Waals surface area (Å²) >= 11 is 0. The Morgan fingerprint density at radius 2 is 1.56 bits per heavy atom. The van der Waals surface area contributed by atoms with E-state index in [9.17, 15) is 50.8 Å². The van der Waals surface area contributed by atoms with Crippen molar-refractivity contribution in [1.82, 2.24) is 0 Å². The molecule has 2 aliphatic rings. The van der Waals surface area contributed by atoms with Crippen molar-refractivity contribution >= 4 is 11.0 Å². The third-order valence-electron chi connectivity index (χ3n) is 6.85. The Labute approximate surface area is 230 Å². The number of phenolic OH excluding ortho intramolecular Hbond substituents is 3. The molecule has 0 radical (unpaired) electrons. The molecule has 0 aliphatic carbocycles. The molecule has 0 amide bonds. The fraction of sp³-hybridized carbons (Fsp3) is 0.423.